The van der Waals surface area contributed by atoms with Gasteiger partial charge in [-0.25, -0.2) is 0 Å². The summed E-state index contributed by atoms with van der Waals surface area (Å²) in [6.07, 6.45) is 5.37. The van der Waals surface area contributed by atoms with Gasteiger partial charge in [0.05, 0.1) is 0 Å². The van der Waals surface area contributed by atoms with Crippen LogP contribution in [0.5, 0.6) is 0 Å². The predicted molar refractivity (Wildman–Crippen MR) is 85.3 cm³/mol. The zero-order valence-electron chi connectivity index (χ0n) is 13.7. The maximum atomic E-state index is 12.1. The molecule has 1 aromatic heterocycles. The van der Waals surface area contributed by atoms with Crippen molar-refractivity contribution < 1.29 is 9.53 Å². The normalized spacial score (nSPS) is 12.9. The minimum Gasteiger partial charge on any atom is -0.372 e. The summed E-state index contributed by atoms with van der Waals surface area (Å²) in [7, 11) is 1.62. The molecule has 0 saturated heterocycles. The molecule has 1 rings (SSSR count). The van der Waals surface area contributed by atoms with Crippen LogP contribution in [0.15, 0.2) is 24.5 Å². The fourth-order valence-electron chi connectivity index (χ4n) is 2.33. The Kier molecular flexibility index (Phi) is 8.16. The highest BCUT2D eigenvalue weighted by atomic mass is 16.5. The summed E-state index contributed by atoms with van der Waals surface area (Å²) in [5.41, 5.74) is 1.22. The zero-order valence-corrected chi connectivity index (χ0v) is 13.7. The molecule has 0 amide bonds. The van der Waals surface area contributed by atoms with Gasteiger partial charge in [0.2, 0.25) is 0 Å². The number of hydrogen-bond donors (Lipinski definition) is 0. The lowest BCUT2D eigenvalue weighted by Crippen LogP contribution is -2.41. The number of methoxy groups -OCH3 is 1. The van der Waals surface area contributed by atoms with Crippen LogP contribution < -0.4 is 0 Å². The van der Waals surface area contributed by atoms with Crippen LogP contribution >= 0.6 is 0 Å². The van der Waals surface area contributed by atoms with E-state index in [2.05, 4.69) is 22.9 Å². The highest BCUT2D eigenvalue weighted by Gasteiger charge is 2.23. The third-order valence-electron chi connectivity index (χ3n) is 3.57. The van der Waals surface area contributed by atoms with Gasteiger partial charge in [0.15, 0.2) is 5.78 Å². The molecule has 1 heterocycles. The smallest absolute Gasteiger partial charge is 0.165 e. The fraction of sp³-hybridized carbons (Fsp3) is 0.647. The summed E-state index contributed by atoms with van der Waals surface area (Å²) in [6.45, 7) is 8.57. The summed E-state index contributed by atoms with van der Waals surface area (Å²) in [6, 6.07) is 4.05. The number of ether oxygens (including phenoxy) is 1. The Morgan fingerprint density at radius 3 is 2.67 bits per heavy atom. The number of carbonyl (C=O) groups excluding carboxylic acids is 1. The summed E-state index contributed by atoms with van der Waals surface area (Å²) in [5.74, 6) is 0.191. The molecule has 118 valence electrons. The van der Waals surface area contributed by atoms with Crippen LogP contribution in [0.4, 0.5) is 0 Å². The molecule has 0 saturated carbocycles. The van der Waals surface area contributed by atoms with Crippen molar-refractivity contribution in [2.45, 2.75) is 39.7 Å². The molecule has 0 N–H and O–H groups in total. The first-order valence-electron chi connectivity index (χ1n) is 7.76. The zero-order chi connectivity index (χ0) is 15.7. The number of ketones is 1. The standard InChI is InChI=1S/C17H28N2O2/c1-5-10-19(11-8-15-7-6-9-18-12-15)13-16(21-4)17(20)14(2)3/h6-7,9,12,14,16H,5,8,10-11,13H2,1-4H3. The second-order valence-corrected chi connectivity index (χ2v) is 5.69. The quantitative estimate of drug-likeness (QED) is 0.665. The van der Waals surface area contributed by atoms with E-state index in [1.165, 1.54) is 5.56 Å². The van der Waals surface area contributed by atoms with Crippen LogP contribution in [-0.2, 0) is 16.0 Å². The Hall–Kier alpha value is -1.26. The maximum absolute atomic E-state index is 12.1. The van der Waals surface area contributed by atoms with Crippen LogP contribution in [0.1, 0.15) is 32.8 Å². The number of hydrogen-bond acceptors (Lipinski definition) is 4. The summed E-state index contributed by atoms with van der Waals surface area (Å²) < 4.78 is 5.40. The van der Waals surface area contributed by atoms with E-state index in [4.69, 9.17) is 4.74 Å². The van der Waals surface area contributed by atoms with Crippen LogP contribution in [0, 0.1) is 5.92 Å². The average Bonchev–Trinajstić information content (AvgIpc) is 2.50. The van der Waals surface area contributed by atoms with Crippen molar-refractivity contribution in [1.82, 2.24) is 9.88 Å². The molecule has 0 aliphatic heterocycles. The third kappa shape index (κ3) is 6.36. The molecule has 0 bridgehead atoms. The topological polar surface area (TPSA) is 42.4 Å². The Morgan fingerprint density at radius 1 is 1.38 bits per heavy atom. The summed E-state index contributed by atoms with van der Waals surface area (Å²) in [5, 5.41) is 0. The largest absolute Gasteiger partial charge is 0.372 e. The van der Waals surface area contributed by atoms with Gasteiger partial charge in [0.1, 0.15) is 6.10 Å². The Morgan fingerprint density at radius 2 is 2.14 bits per heavy atom. The van der Waals surface area contributed by atoms with E-state index in [-0.39, 0.29) is 17.8 Å². The molecular weight excluding hydrogens is 264 g/mol. The van der Waals surface area contributed by atoms with Gasteiger partial charge in [-0.1, -0.05) is 26.8 Å². The SMILES string of the molecule is CCCN(CCc1cccnc1)CC(OC)C(=O)C(C)C. The third-order valence-corrected chi connectivity index (χ3v) is 3.57. The number of carbonyl (C=O) groups is 1. The molecule has 0 aliphatic carbocycles. The Balaban J connectivity index is 2.57. The van der Waals surface area contributed by atoms with Gasteiger partial charge in [0, 0.05) is 38.5 Å². The minimum atomic E-state index is -0.328. The number of rotatable bonds is 10. The van der Waals surface area contributed by atoms with Gasteiger partial charge in [-0.15, -0.1) is 0 Å². The molecule has 1 aromatic rings. The van der Waals surface area contributed by atoms with Crippen molar-refractivity contribution >= 4 is 5.78 Å². The summed E-state index contributed by atoms with van der Waals surface area (Å²) >= 11 is 0. The van der Waals surface area contributed by atoms with E-state index in [9.17, 15) is 4.79 Å². The molecule has 1 atom stereocenters. The molecule has 4 heteroatoms. The van der Waals surface area contributed by atoms with Gasteiger partial charge in [0.25, 0.3) is 0 Å². The van der Waals surface area contributed by atoms with Crippen molar-refractivity contribution in [3.05, 3.63) is 30.1 Å². The second kappa shape index (κ2) is 9.64. The van der Waals surface area contributed by atoms with E-state index in [0.29, 0.717) is 6.54 Å². The van der Waals surface area contributed by atoms with Crippen LogP contribution in [0.3, 0.4) is 0 Å². The van der Waals surface area contributed by atoms with E-state index in [0.717, 1.165) is 25.9 Å². The molecular formula is C17H28N2O2. The molecule has 4 nitrogen and oxygen atoms in total. The van der Waals surface area contributed by atoms with Crippen molar-refractivity contribution in [3.8, 4) is 0 Å². The summed E-state index contributed by atoms with van der Waals surface area (Å²) in [4.78, 5) is 18.6. The Labute approximate surface area is 128 Å². The van der Waals surface area contributed by atoms with Gasteiger partial charge >= 0.3 is 0 Å². The van der Waals surface area contributed by atoms with Crippen molar-refractivity contribution in [1.29, 1.82) is 0 Å². The molecule has 0 aromatic carbocycles. The van der Waals surface area contributed by atoms with Crippen LogP contribution in [0.25, 0.3) is 0 Å². The Bertz CT molecular complexity index is 407. The first-order valence-corrected chi connectivity index (χ1v) is 7.76. The van der Waals surface area contributed by atoms with E-state index >= 15 is 0 Å². The van der Waals surface area contributed by atoms with Crippen LogP contribution in [0.2, 0.25) is 0 Å². The minimum absolute atomic E-state index is 0.0109. The van der Waals surface area contributed by atoms with E-state index < -0.39 is 0 Å². The number of aromatic nitrogens is 1. The van der Waals surface area contributed by atoms with E-state index in [1.807, 2.05) is 26.1 Å². The van der Waals surface area contributed by atoms with Gasteiger partial charge in [-0.2, -0.15) is 0 Å². The molecule has 21 heavy (non-hydrogen) atoms. The molecule has 0 fully saturated rings. The van der Waals surface area contributed by atoms with Crippen LogP contribution in [-0.4, -0.2) is 48.5 Å². The monoisotopic (exact) mass is 292 g/mol. The fourth-order valence-corrected chi connectivity index (χ4v) is 2.33. The number of nitrogens with zero attached hydrogens (tertiary/aromatic N) is 2. The van der Waals surface area contributed by atoms with Gasteiger partial charge in [-0.3, -0.25) is 14.7 Å². The first kappa shape index (κ1) is 17.8. The second-order valence-electron chi connectivity index (χ2n) is 5.69. The molecule has 1 unspecified atom stereocenters. The highest BCUT2D eigenvalue weighted by Crippen LogP contribution is 2.07. The number of pyridine rings is 1. The van der Waals surface area contributed by atoms with Gasteiger partial charge < -0.3 is 4.74 Å². The van der Waals surface area contributed by atoms with Crippen molar-refractivity contribution in [3.63, 3.8) is 0 Å². The van der Waals surface area contributed by atoms with Crippen molar-refractivity contribution in [2.24, 2.45) is 5.92 Å². The van der Waals surface area contributed by atoms with Gasteiger partial charge in [-0.05, 0) is 31.0 Å². The lowest BCUT2D eigenvalue weighted by Gasteiger charge is -2.26. The first-order chi connectivity index (χ1) is 10.1. The maximum Gasteiger partial charge on any atom is 0.165 e. The molecule has 0 radical (unpaired) electrons. The lowest BCUT2D eigenvalue weighted by atomic mass is 10.0. The highest BCUT2D eigenvalue weighted by molar-refractivity contribution is 5.85. The molecule has 0 aliphatic rings. The van der Waals surface area contributed by atoms with Crippen molar-refractivity contribution in [2.75, 3.05) is 26.7 Å². The lowest BCUT2D eigenvalue weighted by molar-refractivity contribution is -0.133. The average molecular weight is 292 g/mol. The predicted octanol–water partition coefficient (Wildman–Crippen LogP) is 2.58. The van der Waals surface area contributed by atoms with E-state index in [1.54, 1.807) is 13.3 Å². The number of Topliss-reactive ketones (excluding diaryl/α,β-unsaturated/α-hetero) is 1. The molecule has 0 spiro atoms.